The molecular weight excluding hydrogens is 358 g/mol. The lowest BCUT2D eigenvalue weighted by atomic mass is 10.1. The number of aromatic nitrogens is 1. The van der Waals surface area contributed by atoms with Gasteiger partial charge in [-0.15, -0.1) is 0 Å². The van der Waals surface area contributed by atoms with E-state index in [-0.39, 0.29) is 11.8 Å². The Morgan fingerprint density at radius 1 is 0.964 bits per heavy atom. The second-order valence-corrected chi connectivity index (χ2v) is 6.76. The van der Waals surface area contributed by atoms with Gasteiger partial charge in [0.25, 0.3) is 11.8 Å². The molecule has 150 valence electrons. The number of ether oxygens (including phenoxy) is 2. The monoisotopic (exact) mass is 385 g/mol. The van der Waals surface area contributed by atoms with E-state index in [1.54, 1.807) is 20.3 Å². The van der Waals surface area contributed by atoms with Crippen molar-refractivity contribution in [2.75, 3.05) is 27.3 Å². The summed E-state index contributed by atoms with van der Waals surface area (Å²) < 4.78 is 10.5. The van der Waals surface area contributed by atoms with Crippen LogP contribution in [0.5, 0.6) is 11.5 Å². The standard InChI is InChI=1S/C21H27N3O4/c1-14(2)11-24-21(26)17-10-16(12-22-13-17)20(25)23-8-7-15-5-6-18(27-3)19(9-15)28-4/h5-6,9-10,12-14H,7-8,11H2,1-4H3,(H,23,25)(H,24,26). The van der Waals surface area contributed by atoms with Gasteiger partial charge in [-0.25, -0.2) is 0 Å². The molecule has 0 aliphatic rings. The largest absolute Gasteiger partial charge is 0.493 e. The number of benzene rings is 1. The van der Waals surface area contributed by atoms with Gasteiger partial charge in [0, 0.05) is 25.5 Å². The highest BCUT2D eigenvalue weighted by atomic mass is 16.5. The molecule has 0 unspecified atom stereocenters. The van der Waals surface area contributed by atoms with Gasteiger partial charge >= 0.3 is 0 Å². The Morgan fingerprint density at radius 2 is 1.61 bits per heavy atom. The predicted molar refractivity (Wildman–Crippen MR) is 107 cm³/mol. The van der Waals surface area contributed by atoms with Crippen molar-refractivity contribution in [1.29, 1.82) is 0 Å². The van der Waals surface area contributed by atoms with Gasteiger partial charge < -0.3 is 20.1 Å². The quantitative estimate of drug-likeness (QED) is 0.692. The summed E-state index contributed by atoms with van der Waals surface area (Å²) in [6.07, 6.45) is 3.54. The molecule has 2 rings (SSSR count). The zero-order valence-corrected chi connectivity index (χ0v) is 16.7. The van der Waals surface area contributed by atoms with Crippen LogP contribution in [0.1, 0.15) is 40.1 Å². The molecule has 1 heterocycles. The summed E-state index contributed by atoms with van der Waals surface area (Å²) in [5, 5.41) is 5.66. The van der Waals surface area contributed by atoms with E-state index in [9.17, 15) is 9.59 Å². The molecule has 0 bridgehead atoms. The summed E-state index contributed by atoms with van der Waals surface area (Å²) in [6.45, 7) is 5.04. The van der Waals surface area contributed by atoms with E-state index < -0.39 is 0 Å². The lowest BCUT2D eigenvalue weighted by Crippen LogP contribution is -2.29. The third kappa shape index (κ3) is 5.97. The fraction of sp³-hybridized carbons (Fsp3) is 0.381. The first-order valence-corrected chi connectivity index (χ1v) is 9.17. The average Bonchev–Trinajstić information content (AvgIpc) is 2.71. The molecule has 1 aromatic carbocycles. The summed E-state index contributed by atoms with van der Waals surface area (Å²) >= 11 is 0. The lowest BCUT2D eigenvalue weighted by molar-refractivity contribution is 0.0948. The number of methoxy groups -OCH3 is 2. The van der Waals surface area contributed by atoms with E-state index in [1.807, 2.05) is 32.0 Å². The van der Waals surface area contributed by atoms with Crippen LogP contribution in [0.4, 0.5) is 0 Å². The fourth-order valence-corrected chi connectivity index (χ4v) is 2.55. The molecule has 0 saturated carbocycles. The van der Waals surface area contributed by atoms with Crippen molar-refractivity contribution in [2.24, 2.45) is 5.92 Å². The smallest absolute Gasteiger partial charge is 0.252 e. The minimum atomic E-state index is -0.272. The van der Waals surface area contributed by atoms with Gasteiger partial charge in [0.05, 0.1) is 25.3 Å². The van der Waals surface area contributed by atoms with Crippen molar-refractivity contribution in [1.82, 2.24) is 15.6 Å². The number of rotatable bonds is 9. The summed E-state index contributed by atoms with van der Waals surface area (Å²) in [5.74, 6) is 1.15. The molecule has 0 fully saturated rings. The summed E-state index contributed by atoms with van der Waals surface area (Å²) in [7, 11) is 3.17. The number of nitrogens with one attached hydrogen (secondary N) is 2. The maximum Gasteiger partial charge on any atom is 0.252 e. The third-order valence-electron chi connectivity index (χ3n) is 4.08. The molecular formula is C21H27N3O4. The van der Waals surface area contributed by atoms with Gasteiger partial charge in [0.1, 0.15) is 0 Å². The fourth-order valence-electron chi connectivity index (χ4n) is 2.55. The molecule has 7 nitrogen and oxygen atoms in total. The Hall–Kier alpha value is -3.09. The number of amides is 2. The molecule has 28 heavy (non-hydrogen) atoms. The van der Waals surface area contributed by atoms with Crippen LogP contribution in [-0.4, -0.2) is 44.1 Å². The SMILES string of the molecule is COc1ccc(CCNC(=O)c2cncc(C(=O)NCC(C)C)c2)cc1OC. The van der Waals surface area contributed by atoms with E-state index >= 15 is 0 Å². The van der Waals surface area contributed by atoms with E-state index in [2.05, 4.69) is 15.6 Å². The molecule has 0 aliphatic carbocycles. The van der Waals surface area contributed by atoms with E-state index in [4.69, 9.17) is 9.47 Å². The van der Waals surface area contributed by atoms with Crippen LogP contribution in [0.2, 0.25) is 0 Å². The number of carbonyl (C=O) groups excluding carboxylic acids is 2. The van der Waals surface area contributed by atoms with Gasteiger partial charge in [-0.1, -0.05) is 19.9 Å². The van der Waals surface area contributed by atoms with Crippen molar-refractivity contribution < 1.29 is 19.1 Å². The summed E-state index contributed by atoms with van der Waals surface area (Å²) in [6, 6.07) is 7.19. The molecule has 0 radical (unpaired) electrons. The molecule has 0 atom stereocenters. The Morgan fingerprint density at radius 3 is 2.21 bits per heavy atom. The van der Waals surface area contributed by atoms with Crippen LogP contribution in [0.15, 0.2) is 36.7 Å². The molecule has 0 spiro atoms. The van der Waals surface area contributed by atoms with Crippen molar-refractivity contribution in [3.63, 3.8) is 0 Å². The zero-order valence-electron chi connectivity index (χ0n) is 16.7. The Labute approximate surface area is 165 Å². The van der Waals surface area contributed by atoms with Crippen molar-refractivity contribution in [3.8, 4) is 11.5 Å². The van der Waals surface area contributed by atoms with E-state index in [0.29, 0.717) is 48.1 Å². The lowest BCUT2D eigenvalue weighted by Gasteiger charge is -2.10. The number of nitrogens with zero attached hydrogens (tertiary/aromatic N) is 1. The average molecular weight is 385 g/mol. The van der Waals surface area contributed by atoms with Crippen molar-refractivity contribution in [3.05, 3.63) is 53.3 Å². The van der Waals surface area contributed by atoms with Crippen molar-refractivity contribution >= 4 is 11.8 Å². The zero-order chi connectivity index (χ0) is 20.5. The van der Waals surface area contributed by atoms with Crippen LogP contribution in [0, 0.1) is 5.92 Å². The maximum atomic E-state index is 12.4. The van der Waals surface area contributed by atoms with Crippen LogP contribution < -0.4 is 20.1 Å². The third-order valence-corrected chi connectivity index (χ3v) is 4.08. The topological polar surface area (TPSA) is 89.5 Å². The number of hydrogen-bond acceptors (Lipinski definition) is 5. The predicted octanol–water partition coefficient (Wildman–Crippen LogP) is 2.46. The molecule has 1 aromatic heterocycles. The van der Waals surface area contributed by atoms with E-state index in [1.165, 1.54) is 12.4 Å². The van der Waals surface area contributed by atoms with Crippen LogP contribution in [-0.2, 0) is 6.42 Å². The summed E-state index contributed by atoms with van der Waals surface area (Å²) in [5.41, 5.74) is 1.73. The summed E-state index contributed by atoms with van der Waals surface area (Å²) in [4.78, 5) is 28.5. The molecule has 0 saturated heterocycles. The van der Waals surface area contributed by atoms with Gasteiger partial charge in [0.15, 0.2) is 11.5 Å². The Bertz CT molecular complexity index is 821. The van der Waals surface area contributed by atoms with Crippen molar-refractivity contribution in [2.45, 2.75) is 20.3 Å². The highest BCUT2D eigenvalue weighted by Crippen LogP contribution is 2.27. The highest BCUT2D eigenvalue weighted by Gasteiger charge is 2.12. The molecule has 0 aliphatic heterocycles. The minimum absolute atomic E-state index is 0.235. The van der Waals surface area contributed by atoms with Crippen LogP contribution >= 0.6 is 0 Å². The van der Waals surface area contributed by atoms with Crippen LogP contribution in [0.25, 0.3) is 0 Å². The molecule has 2 N–H and O–H groups in total. The Kier molecular flexibility index (Phi) is 7.80. The first-order valence-electron chi connectivity index (χ1n) is 9.17. The minimum Gasteiger partial charge on any atom is -0.493 e. The number of hydrogen-bond donors (Lipinski definition) is 2. The van der Waals surface area contributed by atoms with Gasteiger partial charge in [0.2, 0.25) is 0 Å². The van der Waals surface area contributed by atoms with E-state index in [0.717, 1.165) is 5.56 Å². The van der Waals surface area contributed by atoms with Gasteiger partial charge in [-0.05, 0) is 36.1 Å². The molecule has 2 amide bonds. The Balaban J connectivity index is 1.93. The normalized spacial score (nSPS) is 10.5. The second-order valence-electron chi connectivity index (χ2n) is 6.76. The van der Waals surface area contributed by atoms with Gasteiger partial charge in [-0.2, -0.15) is 0 Å². The van der Waals surface area contributed by atoms with Crippen LogP contribution in [0.3, 0.4) is 0 Å². The second kappa shape index (κ2) is 10.3. The highest BCUT2D eigenvalue weighted by molar-refractivity contribution is 5.99. The first-order chi connectivity index (χ1) is 13.4. The molecule has 7 heteroatoms. The number of pyridine rings is 1. The van der Waals surface area contributed by atoms with Gasteiger partial charge in [-0.3, -0.25) is 14.6 Å². The first kappa shape index (κ1) is 21.2. The number of carbonyl (C=O) groups is 2. The maximum absolute atomic E-state index is 12.4. The molecule has 2 aromatic rings.